The molecular weight excluding hydrogens is 306 g/mol. The van der Waals surface area contributed by atoms with E-state index in [9.17, 15) is 0 Å². The van der Waals surface area contributed by atoms with Gasteiger partial charge >= 0.3 is 0 Å². The zero-order valence-electron chi connectivity index (χ0n) is 16.2. The van der Waals surface area contributed by atoms with Crippen molar-refractivity contribution in [3.8, 4) is 0 Å². The molecule has 0 unspecified atom stereocenters. The lowest BCUT2D eigenvalue weighted by atomic mass is 9.72. The third-order valence-corrected chi connectivity index (χ3v) is 5.54. The van der Waals surface area contributed by atoms with Crippen LogP contribution in [0.15, 0.2) is 60.7 Å². The predicted octanol–water partition coefficient (Wildman–Crippen LogP) is 5.75. The Hall–Kier alpha value is -1.64. The monoisotopic (exact) mass is 337 g/mol. The van der Waals surface area contributed by atoms with E-state index < -0.39 is 0 Å². The lowest BCUT2D eigenvalue weighted by Gasteiger charge is -2.53. The lowest BCUT2D eigenvalue weighted by molar-refractivity contribution is -0.266. The Morgan fingerprint density at radius 2 is 1.28 bits per heavy atom. The number of nitrogens with zero attached hydrogens (tertiary/aromatic N) is 1. The summed E-state index contributed by atoms with van der Waals surface area (Å²) in [6, 6.07) is 9.24. The molecule has 3 rings (SSSR count). The molecule has 0 atom stereocenters. The molecule has 2 heteroatoms. The van der Waals surface area contributed by atoms with Gasteiger partial charge in [-0.25, -0.2) is 0 Å². The van der Waals surface area contributed by atoms with E-state index in [2.05, 4.69) is 93.5 Å². The Labute approximate surface area is 152 Å². The molecule has 0 saturated carbocycles. The van der Waals surface area contributed by atoms with Crippen LogP contribution in [0.1, 0.15) is 63.5 Å². The standard InChI is InChI=1S/C23H31NO/c1-22(2)16-21(17-23(3,4)24(22)25-5)20-14-12-19(13-15-20)18-10-8-6-7-9-11-18/h6-15,18,21H,16-17H2,1-5H3. The molecule has 134 valence electrons. The molecule has 0 amide bonds. The number of piperidine rings is 1. The minimum Gasteiger partial charge on any atom is -0.301 e. The molecule has 1 aromatic rings. The third-order valence-electron chi connectivity index (χ3n) is 5.54. The molecule has 25 heavy (non-hydrogen) atoms. The van der Waals surface area contributed by atoms with Gasteiger partial charge in [0.15, 0.2) is 0 Å². The summed E-state index contributed by atoms with van der Waals surface area (Å²) < 4.78 is 0. The van der Waals surface area contributed by atoms with Crippen LogP contribution in [-0.2, 0) is 4.84 Å². The first-order valence-corrected chi connectivity index (χ1v) is 9.29. The number of allylic oxidation sites excluding steroid dienone is 6. The van der Waals surface area contributed by atoms with E-state index in [1.807, 2.05) is 0 Å². The Morgan fingerprint density at radius 3 is 1.76 bits per heavy atom. The predicted molar refractivity (Wildman–Crippen MR) is 106 cm³/mol. The first kappa shape index (κ1) is 18.2. The molecule has 0 N–H and O–H groups in total. The number of hydrogen-bond donors (Lipinski definition) is 0. The molecule has 2 aliphatic rings. The van der Waals surface area contributed by atoms with Crippen LogP contribution < -0.4 is 0 Å². The summed E-state index contributed by atoms with van der Waals surface area (Å²) >= 11 is 0. The smallest absolute Gasteiger partial charge is 0.0575 e. The molecule has 1 fully saturated rings. The van der Waals surface area contributed by atoms with Crippen molar-refractivity contribution in [3.63, 3.8) is 0 Å². The molecule has 1 aliphatic carbocycles. The maximum atomic E-state index is 5.73. The minimum absolute atomic E-state index is 0.0261. The maximum absolute atomic E-state index is 5.73. The van der Waals surface area contributed by atoms with Gasteiger partial charge in [0.25, 0.3) is 0 Å². The molecule has 1 saturated heterocycles. The van der Waals surface area contributed by atoms with Crippen LogP contribution >= 0.6 is 0 Å². The summed E-state index contributed by atoms with van der Waals surface area (Å²) in [4.78, 5) is 5.73. The summed E-state index contributed by atoms with van der Waals surface area (Å²) in [7, 11) is 1.79. The molecule has 0 bridgehead atoms. The van der Waals surface area contributed by atoms with Crippen molar-refractivity contribution >= 4 is 0 Å². The van der Waals surface area contributed by atoms with Crippen LogP contribution in [0, 0.1) is 0 Å². The van der Waals surface area contributed by atoms with Gasteiger partial charge in [-0.05, 0) is 57.6 Å². The number of hydroxylamine groups is 2. The van der Waals surface area contributed by atoms with E-state index in [0.29, 0.717) is 11.8 Å². The topological polar surface area (TPSA) is 12.5 Å². The minimum atomic E-state index is 0.0261. The third kappa shape index (κ3) is 3.80. The average Bonchev–Trinajstić information content (AvgIpc) is 2.82. The van der Waals surface area contributed by atoms with Gasteiger partial charge in [-0.1, -0.05) is 60.7 Å². The number of hydrogen-bond acceptors (Lipinski definition) is 2. The maximum Gasteiger partial charge on any atom is 0.0575 e. The largest absolute Gasteiger partial charge is 0.301 e. The Morgan fingerprint density at radius 1 is 0.800 bits per heavy atom. The van der Waals surface area contributed by atoms with Gasteiger partial charge in [0.1, 0.15) is 0 Å². The van der Waals surface area contributed by atoms with Crippen molar-refractivity contribution in [3.05, 3.63) is 71.8 Å². The van der Waals surface area contributed by atoms with Crippen LogP contribution in [0.5, 0.6) is 0 Å². The SMILES string of the molecule is CON1C(C)(C)CC(c2ccc(C3C=CC=CC=C3)cc2)CC1(C)C. The van der Waals surface area contributed by atoms with Crippen molar-refractivity contribution in [2.45, 2.75) is 63.5 Å². The second-order valence-electron chi connectivity index (χ2n) is 8.55. The Bertz CT molecular complexity index is 645. The van der Waals surface area contributed by atoms with E-state index >= 15 is 0 Å². The highest BCUT2D eigenvalue weighted by molar-refractivity contribution is 5.36. The summed E-state index contributed by atoms with van der Waals surface area (Å²) in [5.41, 5.74) is 2.85. The Balaban J connectivity index is 1.81. The van der Waals surface area contributed by atoms with Gasteiger partial charge in [0.2, 0.25) is 0 Å². The van der Waals surface area contributed by atoms with Gasteiger partial charge in [0.05, 0.1) is 7.11 Å². The van der Waals surface area contributed by atoms with Crippen molar-refractivity contribution in [1.82, 2.24) is 5.06 Å². The molecule has 1 heterocycles. The van der Waals surface area contributed by atoms with Crippen LogP contribution in [0.25, 0.3) is 0 Å². The van der Waals surface area contributed by atoms with E-state index in [1.54, 1.807) is 7.11 Å². The van der Waals surface area contributed by atoms with Crippen LogP contribution in [0.4, 0.5) is 0 Å². The number of benzene rings is 1. The lowest BCUT2D eigenvalue weighted by Crippen LogP contribution is -2.59. The summed E-state index contributed by atoms with van der Waals surface area (Å²) in [6.07, 6.45) is 15.1. The quantitative estimate of drug-likeness (QED) is 0.696. The average molecular weight is 338 g/mol. The molecule has 1 aromatic carbocycles. The van der Waals surface area contributed by atoms with E-state index in [0.717, 1.165) is 12.8 Å². The van der Waals surface area contributed by atoms with E-state index in [1.165, 1.54) is 11.1 Å². The molecule has 0 radical (unpaired) electrons. The van der Waals surface area contributed by atoms with Gasteiger partial charge < -0.3 is 4.84 Å². The van der Waals surface area contributed by atoms with Crippen LogP contribution in [0.3, 0.4) is 0 Å². The fraction of sp³-hybridized carbons (Fsp3) is 0.478. The second kappa shape index (κ2) is 6.93. The van der Waals surface area contributed by atoms with Gasteiger partial charge in [-0.2, -0.15) is 5.06 Å². The van der Waals surface area contributed by atoms with Gasteiger partial charge in [0, 0.05) is 17.0 Å². The van der Waals surface area contributed by atoms with Crippen molar-refractivity contribution < 1.29 is 4.84 Å². The van der Waals surface area contributed by atoms with Crippen molar-refractivity contribution in [2.75, 3.05) is 7.11 Å². The second-order valence-corrected chi connectivity index (χ2v) is 8.55. The molecule has 1 aliphatic heterocycles. The van der Waals surface area contributed by atoms with E-state index in [4.69, 9.17) is 4.84 Å². The summed E-state index contributed by atoms with van der Waals surface area (Å²) in [5.74, 6) is 0.930. The molecular formula is C23H31NO. The van der Waals surface area contributed by atoms with Gasteiger partial charge in [-0.15, -0.1) is 0 Å². The Kier molecular flexibility index (Phi) is 5.04. The highest BCUT2D eigenvalue weighted by Crippen LogP contribution is 2.45. The molecule has 0 spiro atoms. The zero-order valence-corrected chi connectivity index (χ0v) is 16.2. The normalized spacial score (nSPS) is 23.7. The van der Waals surface area contributed by atoms with Crippen molar-refractivity contribution in [2.24, 2.45) is 0 Å². The van der Waals surface area contributed by atoms with Crippen molar-refractivity contribution in [1.29, 1.82) is 0 Å². The van der Waals surface area contributed by atoms with Crippen LogP contribution in [0.2, 0.25) is 0 Å². The first-order valence-electron chi connectivity index (χ1n) is 9.29. The van der Waals surface area contributed by atoms with Gasteiger partial charge in [-0.3, -0.25) is 0 Å². The zero-order chi connectivity index (χ0) is 18.1. The fourth-order valence-electron chi connectivity index (χ4n) is 4.77. The summed E-state index contributed by atoms with van der Waals surface area (Å²) in [6.45, 7) is 9.14. The molecule has 0 aromatic heterocycles. The summed E-state index contributed by atoms with van der Waals surface area (Å²) in [5, 5.41) is 2.18. The fourth-order valence-corrected chi connectivity index (χ4v) is 4.77. The highest BCUT2D eigenvalue weighted by Gasteiger charge is 2.46. The number of rotatable bonds is 3. The highest BCUT2D eigenvalue weighted by atomic mass is 16.7. The van der Waals surface area contributed by atoms with Crippen LogP contribution in [-0.4, -0.2) is 23.3 Å². The first-order chi connectivity index (χ1) is 11.8. The molecule has 2 nitrogen and oxygen atoms in total. The van der Waals surface area contributed by atoms with E-state index in [-0.39, 0.29) is 11.1 Å².